The fourth-order valence-corrected chi connectivity index (χ4v) is 3.68. The van der Waals surface area contributed by atoms with E-state index >= 15 is 0 Å². The van der Waals surface area contributed by atoms with Gasteiger partial charge in [-0.2, -0.15) is 0 Å². The van der Waals surface area contributed by atoms with E-state index in [9.17, 15) is 0 Å². The van der Waals surface area contributed by atoms with Crippen molar-refractivity contribution in [1.82, 2.24) is 0 Å². The first-order valence-electron chi connectivity index (χ1n) is 6.17. The summed E-state index contributed by atoms with van der Waals surface area (Å²) in [6, 6.07) is 13.3. The molecule has 2 aromatic carbocycles. The molecule has 0 bridgehead atoms. The van der Waals surface area contributed by atoms with Gasteiger partial charge in [-0.05, 0) is 66.2 Å². The van der Waals surface area contributed by atoms with Gasteiger partial charge in [0.15, 0.2) is 0 Å². The van der Waals surface area contributed by atoms with Crippen LogP contribution in [-0.2, 0) is 0 Å². The zero-order valence-corrected chi connectivity index (χ0v) is 13.5. The second-order valence-electron chi connectivity index (χ2n) is 4.97. The third kappa shape index (κ3) is 1.78. The maximum atomic E-state index is 3.61. The lowest BCUT2D eigenvalue weighted by atomic mass is 9.74. The lowest BCUT2D eigenvalue weighted by molar-refractivity contribution is 0.770. The summed E-state index contributed by atoms with van der Waals surface area (Å²) in [5.74, 6) is 0.939. The van der Waals surface area contributed by atoms with Gasteiger partial charge in [0.05, 0.1) is 0 Å². The predicted molar refractivity (Wildman–Crippen MR) is 83.3 cm³/mol. The van der Waals surface area contributed by atoms with Crippen LogP contribution in [0.2, 0.25) is 0 Å². The Morgan fingerprint density at radius 1 is 0.722 bits per heavy atom. The van der Waals surface area contributed by atoms with E-state index in [1.807, 2.05) is 0 Å². The molecular weight excluding hydrogens is 352 g/mol. The highest BCUT2D eigenvalue weighted by Gasteiger charge is 2.27. The van der Waals surface area contributed by atoms with Gasteiger partial charge < -0.3 is 0 Å². The summed E-state index contributed by atoms with van der Waals surface area (Å²) in [5, 5.41) is 0. The normalized spacial score (nSPS) is 21.3. The molecule has 3 rings (SSSR count). The summed E-state index contributed by atoms with van der Waals surface area (Å²) in [7, 11) is 0. The molecule has 0 N–H and O–H groups in total. The van der Waals surface area contributed by atoms with E-state index < -0.39 is 0 Å². The topological polar surface area (TPSA) is 0 Å². The van der Waals surface area contributed by atoms with Crippen LogP contribution in [0.1, 0.15) is 47.9 Å². The Hall–Kier alpha value is -0.600. The second-order valence-corrected chi connectivity index (χ2v) is 6.68. The highest BCUT2D eigenvalue weighted by molar-refractivity contribution is 9.13. The molecule has 18 heavy (non-hydrogen) atoms. The molecule has 0 aromatic heterocycles. The maximum Gasteiger partial charge on any atom is 0.0320 e. The van der Waals surface area contributed by atoms with Crippen LogP contribution < -0.4 is 0 Å². The molecule has 2 aromatic rings. The second kappa shape index (κ2) is 4.50. The molecule has 2 atom stereocenters. The quantitative estimate of drug-likeness (QED) is 0.551. The minimum atomic E-state index is 0.469. The van der Waals surface area contributed by atoms with Gasteiger partial charge in [-0.3, -0.25) is 0 Å². The average molecular weight is 366 g/mol. The molecule has 0 aliphatic heterocycles. The molecule has 0 saturated heterocycles. The minimum absolute atomic E-state index is 0.469. The van der Waals surface area contributed by atoms with Crippen molar-refractivity contribution in [2.24, 2.45) is 0 Å². The molecule has 0 radical (unpaired) electrons. The molecule has 1 aliphatic carbocycles. The SMILES string of the molecule is CC1c2ccccc2C(C)c2cc(Br)c(Br)cc21. The van der Waals surface area contributed by atoms with Crippen LogP contribution in [0.4, 0.5) is 0 Å². The van der Waals surface area contributed by atoms with Crippen LogP contribution in [0.15, 0.2) is 45.3 Å². The summed E-state index contributed by atoms with van der Waals surface area (Å²) in [4.78, 5) is 0. The van der Waals surface area contributed by atoms with E-state index in [2.05, 4.69) is 82.1 Å². The van der Waals surface area contributed by atoms with E-state index in [-0.39, 0.29) is 0 Å². The zero-order chi connectivity index (χ0) is 12.9. The smallest absolute Gasteiger partial charge is 0.0320 e. The Kier molecular flexibility index (Phi) is 3.11. The molecule has 0 saturated carbocycles. The molecular formula is C16H14Br2. The Morgan fingerprint density at radius 3 is 1.50 bits per heavy atom. The molecule has 92 valence electrons. The van der Waals surface area contributed by atoms with Crippen LogP contribution in [-0.4, -0.2) is 0 Å². The summed E-state index contributed by atoms with van der Waals surface area (Å²) in [6.07, 6.45) is 0. The van der Waals surface area contributed by atoms with Crippen molar-refractivity contribution < 1.29 is 0 Å². The van der Waals surface area contributed by atoms with Crippen molar-refractivity contribution in [3.8, 4) is 0 Å². The third-order valence-electron chi connectivity index (χ3n) is 3.99. The summed E-state index contributed by atoms with van der Waals surface area (Å²) < 4.78 is 2.28. The average Bonchev–Trinajstić information content (AvgIpc) is 2.38. The van der Waals surface area contributed by atoms with E-state index in [0.717, 1.165) is 8.95 Å². The number of rotatable bonds is 0. The lowest BCUT2D eigenvalue weighted by Crippen LogP contribution is -2.14. The molecule has 0 heterocycles. The van der Waals surface area contributed by atoms with Crippen molar-refractivity contribution in [3.63, 3.8) is 0 Å². The van der Waals surface area contributed by atoms with Gasteiger partial charge in [0.25, 0.3) is 0 Å². The van der Waals surface area contributed by atoms with Crippen molar-refractivity contribution in [3.05, 3.63) is 67.6 Å². The van der Waals surface area contributed by atoms with Gasteiger partial charge in [0, 0.05) is 20.8 Å². The Balaban J connectivity index is 2.27. The van der Waals surface area contributed by atoms with Gasteiger partial charge in [-0.15, -0.1) is 0 Å². The monoisotopic (exact) mass is 364 g/mol. The predicted octanol–water partition coefficient (Wildman–Crippen LogP) is 5.83. The highest BCUT2D eigenvalue weighted by atomic mass is 79.9. The van der Waals surface area contributed by atoms with E-state index in [4.69, 9.17) is 0 Å². The molecule has 0 spiro atoms. The number of halogens is 2. The van der Waals surface area contributed by atoms with Crippen LogP contribution in [0.3, 0.4) is 0 Å². The van der Waals surface area contributed by atoms with Crippen LogP contribution in [0.5, 0.6) is 0 Å². The van der Waals surface area contributed by atoms with Crippen molar-refractivity contribution in [1.29, 1.82) is 0 Å². The van der Waals surface area contributed by atoms with Gasteiger partial charge in [0.1, 0.15) is 0 Å². The largest absolute Gasteiger partial charge is 0.0620 e. The van der Waals surface area contributed by atoms with Gasteiger partial charge in [-0.25, -0.2) is 0 Å². The van der Waals surface area contributed by atoms with Crippen molar-refractivity contribution in [2.45, 2.75) is 25.7 Å². The van der Waals surface area contributed by atoms with Gasteiger partial charge in [0.2, 0.25) is 0 Å². The zero-order valence-electron chi connectivity index (χ0n) is 10.4. The Morgan fingerprint density at radius 2 is 1.11 bits per heavy atom. The maximum absolute atomic E-state index is 3.61. The van der Waals surface area contributed by atoms with Gasteiger partial charge >= 0.3 is 0 Å². The fourth-order valence-electron chi connectivity index (χ4n) is 2.96. The first kappa shape index (κ1) is 12.4. The van der Waals surface area contributed by atoms with Crippen molar-refractivity contribution >= 4 is 31.9 Å². The number of hydrogen-bond donors (Lipinski definition) is 0. The van der Waals surface area contributed by atoms with Gasteiger partial charge in [-0.1, -0.05) is 38.1 Å². The molecule has 0 fully saturated rings. The van der Waals surface area contributed by atoms with E-state index in [1.54, 1.807) is 0 Å². The summed E-state index contributed by atoms with van der Waals surface area (Å²) in [6.45, 7) is 4.59. The molecule has 1 aliphatic rings. The van der Waals surface area contributed by atoms with Crippen molar-refractivity contribution in [2.75, 3.05) is 0 Å². The highest BCUT2D eigenvalue weighted by Crippen LogP contribution is 2.45. The molecule has 0 nitrogen and oxygen atoms in total. The van der Waals surface area contributed by atoms with Crippen LogP contribution >= 0.6 is 31.9 Å². The summed E-state index contributed by atoms with van der Waals surface area (Å²) >= 11 is 7.23. The van der Waals surface area contributed by atoms with Crippen LogP contribution in [0, 0.1) is 0 Å². The lowest BCUT2D eigenvalue weighted by Gasteiger charge is -2.31. The number of fused-ring (bicyclic) bond motifs is 2. The molecule has 2 unspecified atom stereocenters. The Labute approximate surface area is 125 Å². The van der Waals surface area contributed by atoms with E-state index in [0.29, 0.717) is 11.8 Å². The van der Waals surface area contributed by atoms with Crippen LogP contribution in [0.25, 0.3) is 0 Å². The Bertz CT molecular complexity index is 562. The molecule has 2 heteroatoms. The summed E-state index contributed by atoms with van der Waals surface area (Å²) in [5.41, 5.74) is 5.81. The first-order chi connectivity index (χ1) is 8.59. The van der Waals surface area contributed by atoms with E-state index in [1.165, 1.54) is 22.3 Å². The third-order valence-corrected chi connectivity index (χ3v) is 5.83. The number of hydrogen-bond acceptors (Lipinski definition) is 0. The minimum Gasteiger partial charge on any atom is -0.0620 e. The standard InChI is InChI=1S/C16H14Br2/c1-9-11-5-3-4-6-12(11)10(2)14-8-16(18)15(17)7-13(9)14/h3-10H,1-2H3. The first-order valence-corrected chi connectivity index (χ1v) is 7.76. The fraction of sp³-hybridized carbons (Fsp3) is 0.250. The number of benzene rings is 2. The molecule has 0 amide bonds.